The number of rotatable bonds is 14. The van der Waals surface area contributed by atoms with E-state index in [4.69, 9.17) is 34.0 Å². The molecule has 0 aliphatic carbocycles. The third-order valence-corrected chi connectivity index (χ3v) is 3.96. The van der Waals surface area contributed by atoms with E-state index < -0.39 is 5.97 Å². The summed E-state index contributed by atoms with van der Waals surface area (Å²) in [5.41, 5.74) is 18.9. The van der Waals surface area contributed by atoms with Crippen LogP contribution in [0.3, 0.4) is 0 Å². The van der Waals surface area contributed by atoms with Crippen LogP contribution in [0.25, 0.3) is 0 Å². The van der Waals surface area contributed by atoms with Crippen LogP contribution in [0.1, 0.15) is 46.5 Å². The van der Waals surface area contributed by atoms with Crippen molar-refractivity contribution in [2.45, 2.75) is 52.0 Å². The van der Waals surface area contributed by atoms with Crippen molar-refractivity contribution in [3.63, 3.8) is 0 Å². The lowest BCUT2D eigenvalue weighted by Crippen LogP contribution is -2.44. The molecule has 0 spiro atoms. The van der Waals surface area contributed by atoms with Crippen LogP contribution in [0.5, 0.6) is 0 Å². The van der Waals surface area contributed by atoms with Crippen LogP contribution >= 0.6 is 0 Å². The average molecular weight is 401 g/mol. The molecule has 0 aromatic rings. The van der Waals surface area contributed by atoms with Gasteiger partial charge in [0.25, 0.3) is 0 Å². The molecule has 11 N–H and O–H groups in total. The predicted octanol–water partition coefficient (Wildman–Crippen LogP) is -0.358. The van der Waals surface area contributed by atoms with Crippen molar-refractivity contribution in [1.82, 2.24) is 14.9 Å². The van der Waals surface area contributed by atoms with Gasteiger partial charge in [-0.2, -0.15) is 0 Å². The lowest BCUT2D eigenvalue weighted by Gasteiger charge is -2.31. The molecular weight excluding hydrogens is 360 g/mol. The SMILES string of the molecule is CC(C)(C)N(N)/C=C(\N)CN(CCCN)C/C(N)=C/N(N)CCCCC(=O)O. The Morgan fingerprint density at radius 1 is 0.964 bits per heavy atom. The summed E-state index contributed by atoms with van der Waals surface area (Å²) < 4.78 is 0. The number of aliphatic carboxylic acids is 1. The fraction of sp³-hybridized carbons (Fsp3) is 0.722. The molecule has 0 amide bonds. The average Bonchev–Trinajstić information content (AvgIpc) is 2.55. The first kappa shape index (κ1) is 26.0. The molecule has 0 aliphatic rings. The van der Waals surface area contributed by atoms with Gasteiger partial charge in [0.2, 0.25) is 0 Å². The van der Waals surface area contributed by atoms with Crippen LogP contribution in [0.4, 0.5) is 0 Å². The highest BCUT2D eigenvalue weighted by molar-refractivity contribution is 5.66. The smallest absolute Gasteiger partial charge is 0.303 e. The van der Waals surface area contributed by atoms with Crippen molar-refractivity contribution in [1.29, 1.82) is 0 Å². The molecule has 0 saturated heterocycles. The molecule has 0 bridgehead atoms. The summed E-state index contributed by atoms with van der Waals surface area (Å²) >= 11 is 0. The zero-order valence-corrected chi connectivity index (χ0v) is 17.6. The Labute approximate surface area is 168 Å². The first-order valence-electron chi connectivity index (χ1n) is 9.57. The minimum Gasteiger partial charge on any atom is -0.481 e. The number of carbonyl (C=O) groups is 1. The monoisotopic (exact) mass is 400 g/mol. The Hall–Kier alpha value is -2.01. The maximum absolute atomic E-state index is 10.5. The van der Waals surface area contributed by atoms with Crippen molar-refractivity contribution in [3.8, 4) is 0 Å². The van der Waals surface area contributed by atoms with E-state index in [9.17, 15) is 4.79 Å². The van der Waals surface area contributed by atoms with Gasteiger partial charge in [-0.15, -0.1) is 0 Å². The van der Waals surface area contributed by atoms with E-state index in [-0.39, 0.29) is 12.0 Å². The molecule has 28 heavy (non-hydrogen) atoms. The van der Waals surface area contributed by atoms with Crippen LogP contribution in [-0.4, -0.2) is 64.3 Å². The van der Waals surface area contributed by atoms with Gasteiger partial charge in [0.05, 0.1) is 0 Å². The number of carboxylic acids is 1. The van der Waals surface area contributed by atoms with Gasteiger partial charge in [0, 0.05) is 61.9 Å². The first-order chi connectivity index (χ1) is 13.0. The standard InChI is InChI=1S/C18H40N8O2/c1-18(2,3)26(23)14-16(21)12-24(9-6-8-19)11-15(20)13-25(22)10-5-4-7-17(27)28/h13-14H,4-12,19-23H2,1-3H3,(H,27,28)/b15-13-,16-14-. The van der Waals surface area contributed by atoms with Crippen LogP contribution < -0.4 is 28.9 Å². The third kappa shape index (κ3) is 13.2. The van der Waals surface area contributed by atoms with Crippen LogP contribution in [0, 0.1) is 0 Å². The minimum absolute atomic E-state index is 0.137. The zero-order valence-electron chi connectivity index (χ0n) is 17.6. The molecule has 0 aromatic heterocycles. The summed E-state index contributed by atoms with van der Waals surface area (Å²) in [5.74, 6) is 11.1. The summed E-state index contributed by atoms with van der Waals surface area (Å²) in [7, 11) is 0. The molecule has 0 fully saturated rings. The molecule has 10 heteroatoms. The number of hydrogen-bond donors (Lipinski definition) is 6. The Balaban J connectivity index is 4.75. The quantitative estimate of drug-likeness (QED) is 0.128. The molecule has 10 nitrogen and oxygen atoms in total. The van der Waals surface area contributed by atoms with Gasteiger partial charge in [0.1, 0.15) is 0 Å². The molecule has 0 saturated carbocycles. The summed E-state index contributed by atoms with van der Waals surface area (Å²) in [6.45, 7) is 8.82. The van der Waals surface area contributed by atoms with Gasteiger partial charge in [0.15, 0.2) is 0 Å². The minimum atomic E-state index is -0.803. The molecule has 164 valence electrons. The highest BCUT2D eigenvalue weighted by Crippen LogP contribution is 2.10. The fourth-order valence-corrected chi connectivity index (χ4v) is 2.35. The Bertz CT molecular complexity index is 516. The molecule has 0 aromatic carbocycles. The number of unbranched alkanes of at least 4 members (excludes halogenated alkanes) is 1. The second-order valence-corrected chi connectivity index (χ2v) is 7.93. The van der Waals surface area contributed by atoms with Crippen molar-refractivity contribution >= 4 is 5.97 Å². The number of hydrogen-bond acceptors (Lipinski definition) is 9. The van der Waals surface area contributed by atoms with E-state index in [2.05, 4.69) is 4.90 Å². The van der Waals surface area contributed by atoms with Crippen LogP contribution in [0.2, 0.25) is 0 Å². The lowest BCUT2D eigenvalue weighted by atomic mass is 10.1. The van der Waals surface area contributed by atoms with Crippen LogP contribution in [-0.2, 0) is 4.79 Å². The van der Waals surface area contributed by atoms with E-state index in [0.29, 0.717) is 50.4 Å². The van der Waals surface area contributed by atoms with E-state index >= 15 is 0 Å². The summed E-state index contributed by atoms with van der Waals surface area (Å²) in [4.78, 5) is 12.6. The summed E-state index contributed by atoms with van der Waals surface area (Å²) in [6.07, 6.45) is 5.60. The topological polar surface area (TPSA) is 177 Å². The van der Waals surface area contributed by atoms with Gasteiger partial charge in [-0.3, -0.25) is 9.69 Å². The number of nitrogens with zero attached hydrogens (tertiary/aromatic N) is 3. The molecule has 0 unspecified atom stereocenters. The van der Waals surface area contributed by atoms with Gasteiger partial charge in [-0.25, -0.2) is 11.7 Å². The van der Waals surface area contributed by atoms with Gasteiger partial charge in [-0.1, -0.05) is 0 Å². The van der Waals surface area contributed by atoms with Crippen molar-refractivity contribution in [3.05, 3.63) is 23.8 Å². The number of nitrogens with two attached hydrogens (primary N) is 5. The molecule has 0 radical (unpaired) electrons. The highest BCUT2D eigenvalue weighted by Gasteiger charge is 2.16. The lowest BCUT2D eigenvalue weighted by molar-refractivity contribution is -0.137. The number of hydrazine groups is 2. The van der Waals surface area contributed by atoms with Crippen LogP contribution in [0.15, 0.2) is 23.8 Å². The Kier molecular flexibility index (Phi) is 12.3. The number of carboxylic acid groups (broad SMARTS) is 1. The van der Waals surface area contributed by atoms with E-state index in [1.807, 2.05) is 20.8 Å². The van der Waals surface area contributed by atoms with Crippen molar-refractivity contribution < 1.29 is 9.90 Å². The molecular formula is C18H40N8O2. The van der Waals surface area contributed by atoms with E-state index in [0.717, 1.165) is 13.0 Å². The summed E-state index contributed by atoms with van der Waals surface area (Å²) in [6, 6.07) is 0. The maximum Gasteiger partial charge on any atom is 0.303 e. The van der Waals surface area contributed by atoms with E-state index in [1.54, 1.807) is 17.4 Å². The second kappa shape index (κ2) is 13.2. The first-order valence-corrected chi connectivity index (χ1v) is 9.57. The third-order valence-electron chi connectivity index (χ3n) is 3.96. The largest absolute Gasteiger partial charge is 0.481 e. The normalized spacial score (nSPS) is 13.1. The molecule has 0 atom stereocenters. The molecule has 0 aliphatic heterocycles. The molecule has 0 rings (SSSR count). The van der Waals surface area contributed by atoms with E-state index in [1.165, 1.54) is 5.01 Å². The fourth-order valence-electron chi connectivity index (χ4n) is 2.35. The van der Waals surface area contributed by atoms with Gasteiger partial charge < -0.3 is 32.3 Å². The molecule has 0 heterocycles. The van der Waals surface area contributed by atoms with Crippen molar-refractivity contribution in [2.75, 3.05) is 32.7 Å². The Morgan fingerprint density at radius 2 is 1.54 bits per heavy atom. The second-order valence-electron chi connectivity index (χ2n) is 7.93. The van der Waals surface area contributed by atoms with Gasteiger partial charge >= 0.3 is 5.97 Å². The summed E-state index contributed by atoms with van der Waals surface area (Å²) in [5, 5.41) is 11.7. The van der Waals surface area contributed by atoms with Crippen molar-refractivity contribution in [2.24, 2.45) is 28.9 Å². The zero-order chi connectivity index (χ0) is 21.7. The Morgan fingerprint density at radius 3 is 2.04 bits per heavy atom. The maximum atomic E-state index is 10.5. The van der Waals surface area contributed by atoms with Gasteiger partial charge in [-0.05, 0) is 46.6 Å². The highest BCUT2D eigenvalue weighted by atomic mass is 16.4. The predicted molar refractivity (Wildman–Crippen MR) is 113 cm³/mol.